The van der Waals surface area contributed by atoms with Crippen LogP contribution in [0.25, 0.3) is 34.0 Å². The minimum absolute atomic E-state index is 0. The van der Waals surface area contributed by atoms with E-state index in [0.29, 0.717) is 22.0 Å². The molecule has 0 atom stereocenters. The Morgan fingerprint density at radius 3 is 2.27 bits per heavy atom. The number of nitrogens with zero attached hydrogens (tertiary/aromatic N) is 3. The van der Waals surface area contributed by atoms with E-state index in [2.05, 4.69) is 27.6 Å². The molecule has 174 valence electrons. The third-order valence-electron chi connectivity index (χ3n) is 5.48. The molecule has 33 heavy (non-hydrogen) atoms. The zero-order valence-corrected chi connectivity index (χ0v) is 19.9. The van der Waals surface area contributed by atoms with Crippen molar-refractivity contribution in [2.75, 3.05) is 7.05 Å². The first kappa shape index (κ1) is 23.1. The second-order valence-corrected chi connectivity index (χ2v) is 10.8. The van der Waals surface area contributed by atoms with Crippen LogP contribution in [0.15, 0.2) is 70.2 Å². The lowest BCUT2D eigenvalue weighted by Crippen LogP contribution is -2.10. The Hall–Kier alpha value is -3.04. The topological polar surface area (TPSA) is 104 Å². The van der Waals surface area contributed by atoms with Crippen LogP contribution in [-0.2, 0) is 6.54 Å². The molecule has 0 bridgehead atoms. The summed E-state index contributed by atoms with van der Waals surface area (Å²) < 4.78 is 26.4. The number of aryl methyl sites for hydroxylation is 1. The van der Waals surface area contributed by atoms with E-state index in [4.69, 9.17) is 9.51 Å². The average molecular weight is 467 g/mol. The predicted molar refractivity (Wildman–Crippen MR) is 134 cm³/mol. The van der Waals surface area contributed by atoms with Crippen LogP contribution in [-0.4, -0.2) is 36.5 Å². The molecule has 2 heterocycles. The molecule has 3 N–H and O–H groups in total. The van der Waals surface area contributed by atoms with Gasteiger partial charge in [0.25, 0.3) is 0 Å². The van der Waals surface area contributed by atoms with Crippen LogP contribution in [0.4, 0.5) is 0 Å². The monoisotopic (exact) mass is 466 g/mol. The molecule has 0 unspecified atom stereocenters. The van der Waals surface area contributed by atoms with Crippen LogP contribution < -0.4 is 5.32 Å². The van der Waals surface area contributed by atoms with Crippen LogP contribution in [0.5, 0.6) is 0 Å². The van der Waals surface area contributed by atoms with E-state index in [1.807, 2.05) is 44.3 Å². The molecule has 0 saturated carbocycles. The highest BCUT2D eigenvalue weighted by molar-refractivity contribution is 8.24. The summed E-state index contributed by atoms with van der Waals surface area (Å²) in [6.45, 7) is 6.28. The van der Waals surface area contributed by atoms with Gasteiger partial charge in [-0.3, -0.25) is 14.1 Å². The molecule has 7 nitrogen and oxygen atoms in total. The Bertz CT molecular complexity index is 1240. The first-order valence-corrected chi connectivity index (χ1v) is 12.3. The summed E-state index contributed by atoms with van der Waals surface area (Å²) in [5, 5.41) is 7.11. The number of benzene rings is 2. The first-order valence-electron chi connectivity index (χ1n) is 10.7. The second kappa shape index (κ2) is 9.44. The van der Waals surface area contributed by atoms with Gasteiger partial charge in [0.15, 0.2) is 5.76 Å². The van der Waals surface area contributed by atoms with E-state index in [1.54, 1.807) is 32.2 Å². The molecule has 0 saturated heterocycles. The molecule has 0 amide bonds. The quantitative estimate of drug-likeness (QED) is 0.295. The van der Waals surface area contributed by atoms with Crippen molar-refractivity contribution in [3.05, 3.63) is 72.1 Å². The lowest BCUT2D eigenvalue weighted by Gasteiger charge is -2.36. The van der Waals surface area contributed by atoms with Gasteiger partial charge in [0, 0.05) is 30.4 Å². The predicted octanol–water partition coefficient (Wildman–Crippen LogP) is 6.26. The van der Waals surface area contributed by atoms with Crippen molar-refractivity contribution >= 4 is 10.6 Å². The van der Waals surface area contributed by atoms with Gasteiger partial charge < -0.3 is 9.84 Å². The van der Waals surface area contributed by atoms with Crippen molar-refractivity contribution in [3.8, 4) is 34.0 Å². The Balaban J connectivity index is 0.00000324. The number of hydrogen-bond donors (Lipinski definition) is 3. The van der Waals surface area contributed by atoms with E-state index >= 15 is 0 Å². The number of hydrogen-bond acceptors (Lipinski definition) is 7. The standard InChI is InChI=1S/C25H28N4O3S.H2/c1-16(2)33(30,31)21-11-9-20(10-12-21)23-15-27-17(3)25(28-23)24-13-22(29-32-24)19-7-5-18(6-8-19)14-26-4;/h5-13,15-16,26,30-31H,14H2,1-4H3;1H. The molecule has 4 rings (SSSR count). The van der Waals surface area contributed by atoms with Crippen molar-refractivity contribution in [3.63, 3.8) is 0 Å². The van der Waals surface area contributed by atoms with Crippen LogP contribution in [0, 0.1) is 6.92 Å². The molecule has 2 aromatic heterocycles. The molecule has 8 heteroatoms. The summed E-state index contributed by atoms with van der Waals surface area (Å²) in [4.78, 5) is 9.77. The molecule has 0 aliphatic heterocycles. The highest BCUT2D eigenvalue weighted by Gasteiger charge is 2.20. The van der Waals surface area contributed by atoms with Crippen molar-refractivity contribution in [2.24, 2.45) is 0 Å². The molecule has 2 aromatic carbocycles. The summed E-state index contributed by atoms with van der Waals surface area (Å²) in [7, 11) is -0.907. The van der Waals surface area contributed by atoms with Gasteiger partial charge >= 0.3 is 0 Å². The maximum atomic E-state index is 10.4. The molecule has 0 fully saturated rings. The Morgan fingerprint density at radius 1 is 1.00 bits per heavy atom. The van der Waals surface area contributed by atoms with E-state index < -0.39 is 10.6 Å². The molecule has 4 aromatic rings. The number of aromatic nitrogens is 3. The Morgan fingerprint density at radius 2 is 1.64 bits per heavy atom. The van der Waals surface area contributed by atoms with Crippen molar-refractivity contribution < 1.29 is 15.1 Å². The maximum absolute atomic E-state index is 10.4. The van der Waals surface area contributed by atoms with Gasteiger partial charge in [-0.1, -0.05) is 41.6 Å². The van der Waals surface area contributed by atoms with Gasteiger partial charge in [-0.15, -0.1) is 0 Å². The lowest BCUT2D eigenvalue weighted by molar-refractivity contribution is 0.433. The highest BCUT2D eigenvalue weighted by atomic mass is 32.3. The van der Waals surface area contributed by atoms with Crippen LogP contribution >= 0.6 is 10.6 Å². The summed E-state index contributed by atoms with van der Waals surface area (Å²) in [6.07, 6.45) is 1.70. The smallest absolute Gasteiger partial charge is 0.187 e. The van der Waals surface area contributed by atoms with Gasteiger partial charge in [-0.05, 0) is 45.5 Å². The first-order chi connectivity index (χ1) is 15.8. The van der Waals surface area contributed by atoms with Crippen LogP contribution in [0.1, 0.15) is 26.5 Å². The van der Waals surface area contributed by atoms with E-state index in [1.165, 1.54) is 5.56 Å². The minimum atomic E-state index is -2.83. The van der Waals surface area contributed by atoms with E-state index in [-0.39, 0.29) is 6.68 Å². The molecular formula is C25H30N4O3S. The fraction of sp³-hybridized carbons (Fsp3) is 0.240. The molecule has 0 radical (unpaired) electrons. The van der Waals surface area contributed by atoms with Gasteiger partial charge in [0.05, 0.1) is 22.5 Å². The molecule has 0 spiro atoms. The summed E-state index contributed by atoms with van der Waals surface area (Å²) in [6, 6.07) is 17.1. The SMILES string of the molecule is CNCc1ccc(-c2cc(-c3nc(-c4ccc(S(O)(O)C(C)C)cc4)cnc3C)on2)cc1.[HH]. The minimum Gasteiger partial charge on any atom is -0.354 e. The fourth-order valence-corrected chi connectivity index (χ4v) is 4.52. The van der Waals surface area contributed by atoms with Gasteiger partial charge in [-0.2, -0.15) is 10.6 Å². The number of nitrogens with one attached hydrogen (secondary N) is 1. The molecular weight excluding hydrogens is 436 g/mol. The van der Waals surface area contributed by atoms with Gasteiger partial charge in [0.1, 0.15) is 11.4 Å². The number of rotatable bonds is 7. The Labute approximate surface area is 196 Å². The van der Waals surface area contributed by atoms with E-state index in [0.717, 1.165) is 29.1 Å². The average Bonchev–Trinajstić information content (AvgIpc) is 3.30. The third-order valence-corrected chi connectivity index (χ3v) is 7.76. The zero-order chi connectivity index (χ0) is 23.6. The van der Waals surface area contributed by atoms with Gasteiger partial charge in [-0.25, -0.2) is 4.98 Å². The van der Waals surface area contributed by atoms with Crippen LogP contribution in [0.2, 0.25) is 0 Å². The summed E-state index contributed by atoms with van der Waals surface area (Å²) >= 11 is 0. The van der Waals surface area contributed by atoms with E-state index in [9.17, 15) is 9.11 Å². The normalized spacial score (nSPS) is 12.3. The lowest BCUT2D eigenvalue weighted by atomic mass is 10.1. The molecule has 0 aliphatic rings. The van der Waals surface area contributed by atoms with Crippen molar-refractivity contribution in [2.45, 2.75) is 37.5 Å². The molecule has 0 aliphatic carbocycles. The second-order valence-electron chi connectivity index (χ2n) is 8.16. The maximum Gasteiger partial charge on any atom is 0.187 e. The van der Waals surface area contributed by atoms with Gasteiger partial charge in [0.2, 0.25) is 0 Å². The fourth-order valence-electron chi connectivity index (χ4n) is 3.44. The zero-order valence-electron chi connectivity index (χ0n) is 19.1. The van der Waals surface area contributed by atoms with Crippen molar-refractivity contribution in [1.29, 1.82) is 0 Å². The largest absolute Gasteiger partial charge is 0.354 e. The summed E-state index contributed by atoms with van der Waals surface area (Å²) in [5.74, 6) is 0.543. The van der Waals surface area contributed by atoms with Crippen LogP contribution in [0.3, 0.4) is 0 Å². The Kier molecular flexibility index (Phi) is 6.62. The van der Waals surface area contributed by atoms with Crippen molar-refractivity contribution in [1.82, 2.24) is 20.4 Å². The highest BCUT2D eigenvalue weighted by Crippen LogP contribution is 2.52. The third kappa shape index (κ3) is 4.84. The summed E-state index contributed by atoms with van der Waals surface area (Å²) in [5.41, 5.74) is 5.73.